The van der Waals surface area contributed by atoms with Crippen LogP contribution in [0.5, 0.6) is 0 Å². The van der Waals surface area contributed by atoms with Crippen LogP contribution in [0.2, 0.25) is 5.02 Å². The lowest BCUT2D eigenvalue weighted by atomic mass is 9.51. The summed E-state index contributed by atoms with van der Waals surface area (Å²) in [5.41, 5.74) is 11.2. The SMILES string of the molecule is CC(CN1CCC2(C)c3c(Cl)ccc(N)c3CC1C2(C)C)OCc1ccccc1.Cl.Cl. The van der Waals surface area contributed by atoms with E-state index in [1.807, 2.05) is 18.2 Å². The summed E-state index contributed by atoms with van der Waals surface area (Å²) in [7, 11) is 0. The molecular weight excluding hydrogens is 451 g/mol. The number of nitrogen functional groups attached to an aromatic ring is 1. The number of nitrogens with two attached hydrogens (primary N) is 1. The second kappa shape index (κ2) is 9.89. The van der Waals surface area contributed by atoms with E-state index in [4.69, 9.17) is 22.1 Å². The van der Waals surface area contributed by atoms with E-state index in [1.54, 1.807) is 0 Å². The van der Waals surface area contributed by atoms with Crippen LogP contribution < -0.4 is 5.73 Å². The number of fused-ring (bicyclic) bond motifs is 4. The lowest BCUT2D eigenvalue weighted by molar-refractivity contribution is -0.0646. The van der Waals surface area contributed by atoms with Gasteiger partial charge >= 0.3 is 0 Å². The van der Waals surface area contributed by atoms with Crippen LogP contribution >= 0.6 is 36.4 Å². The second-order valence-electron chi connectivity index (χ2n) is 9.62. The van der Waals surface area contributed by atoms with Gasteiger partial charge in [0, 0.05) is 28.7 Å². The smallest absolute Gasteiger partial charge is 0.0721 e. The average molecular weight is 486 g/mol. The number of likely N-dealkylation sites (tertiary alicyclic amines) is 1. The van der Waals surface area contributed by atoms with Crippen molar-refractivity contribution in [2.24, 2.45) is 5.41 Å². The topological polar surface area (TPSA) is 38.5 Å². The van der Waals surface area contributed by atoms with Crippen molar-refractivity contribution in [2.75, 3.05) is 18.8 Å². The summed E-state index contributed by atoms with van der Waals surface area (Å²) in [6.07, 6.45) is 2.21. The van der Waals surface area contributed by atoms with E-state index in [1.165, 1.54) is 16.7 Å². The van der Waals surface area contributed by atoms with Crippen molar-refractivity contribution < 1.29 is 4.74 Å². The predicted octanol–water partition coefficient (Wildman–Crippen LogP) is 6.29. The molecule has 0 radical (unpaired) electrons. The first-order chi connectivity index (χ1) is 13.7. The summed E-state index contributed by atoms with van der Waals surface area (Å²) >= 11 is 6.71. The van der Waals surface area contributed by atoms with Gasteiger partial charge in [0.05, 0.1) is 12.7 Å². The standard InChI is InChI=1S/C25H33ClN2O.2ClH/c1-17(29-16-18-8-6-5-7-9-18)15-28-13-12-25(4)23-19(14-22(28)24(25,2)3)21(27)11-10-20(23)26;;/h5-11,17,22H,12-16,27H2,1-4H3;2*1H. The third kappa shape index (κ3) is 4.58. The molecule has 0 saturated carbocycles. The van der Waals surface area contributed by atoms with Crippen molar-refractivity contribution in [3.8, 4) is 0 Å². The zero-order chi connectivity index (χ0) is 20.8. The highest BCUT2D eigenvalue weighted by molar-refractivity contribution is 6.31. The predicted molar refractivity (Wildman–Crippen MR) is 136 cm³/mol. The van der Waals surface area contributed by atoms with Crippen molar-refractivity contribution in [3.63, 3.8) is 0 Å². The molecule has 172 valence electrons. The van der Waals surface area contributed by atoms with E-state index >= 15 is 0 Å². The van der Waals surface area contributed by atoms with Crippen LogP contribution in [0.4, 0.5) is 5.69 Å². The molecule has 4 rings (SSSR count). The van der Waals surface area contributed by atoms with Gasteiger partial charge in [0.1, 0.15) is 0 Å². The van der Waals surface area contributed by atoms with Crippen LogP contribution in [-0.4, -0.2) is 30.1 Å². The molecule has 2 aromatic rings. The van der Waals surface area contributed by atoms with Gasteiger partial charge in [-0.15, -0.1) is 24.8 Å². The van der Waals surface area contributed by atoms with Crippen molar-refractivity contribution in [2.45, 2.75) is 64.7 Å². The van der Waals surface area contributed by atoms with Gasteiger partial charge in [0.25, 0.3) is 0 Å². The molecule has 1 aliphatic heterocycles. The Hall–Kier alpha value is -0.970. The largest absolute Gasteiger partial charge is 0.398 e. The molecule has 1 fully saturated rings. The lowest BCUT2D eigenvalue weighted by Gasteiger charge is -2.61. The molecule has 31 heavy (non-hydrogen) atoms. The molecule has 2 bridgehead atoms. The van der Waals surface area contributed by atoms with Gasteiger partial charge in [-0.3, -0.25) is 4.90 Å². The summed E-state index contributed by atoms with van der Waals surface area (Å²) in [5, 5.41) is 0.872. The molecule has 2 aromatic carbocycles. The number of nitrogens with zero attached hydrogens (tertiary/aromatic N) is 1. The fraction of sp³-hybridized carbons (Fsp3) is 0.520. The van der Waals surface area contributed by atoms with Crippen LogP contribution in [0, 0.1) is 5.41 Å². The Morgan fingerprint density at radius 3 is 2.48 bits per heavy atom. The molecular formula is C25H35Cl3N2O. The zero-order valence-corrected chi connectivity index (χ0v) is 21.2. The number of halogens is 3. The minimum absolute atomic E-state index is 0. The van der Waals surface area contributed by atoms with E-state index in [2.05, 4.69) is 56.9 Å². The molecule has 3 nitrogen and oxygen atoms in total. The quantitative estimate of drug-likeness (QED) is 0.506. The Kier molecular flexibility index (Phi) is 8.38. The fourth-order valence-corrected chi connectivity index (χ4v) is 5.95. The highest BCUT2D eigenvalue weighted by atomic mass is 35.5. The molecule has 0 spiro atoms. The Labute approximate surface area is 204 Å². The zero-order valence-electron chi connectivity index (χ0n) is 18.9. The summed E-state index contributed by atoms with van der Waals surface area (Å²) in [6.45, 7) is 12.0. The Morgan fingerprint density at radius 2 is 1.81 bits per heavy atom. The van der Waals surface area contributed by atoms with Crippen LogP contribution in [0.1, 0.15) is 50.8 Å². The van der Waals surface area contributed by atoms with Gasteiger partial charge in [-0.1, -0.05) is 62.7 Å². The minimum atomic E-state index is 0. The first kappa shape index (κ1) is 26.3. The number of hydrogen-bond acceptors (Lipinski definition) is 3. The Balaban J connectivity index is 0.00000171. The van der Waals surface area contributed by atoms with Gasteiger partial charge in [-0.2, -0.15) is 0 Å². The number of benzene rings is 2. The highest BCUT2D eigenvalue weighted by Crippen LogP contribution is 2.58. The Morgan fingerprint density at radius 1 is 1.13 bits per heavy atom. The minimum Gasteiger partial charge on any atom is -0.398 e. The second-order valence-corrected chi connectivity index (χ2v) is 10.0. The van der Waals surface area contributed by atoms with Crippen molar-refractivity contribution in [1.29, 1.82) is 0 Å². The molecule has 3 unspecified atom stereocenters. The molecule has 2 aliphatic rings. The molecule has 6 heteroatoms. The Bertz CT molecular complexity index is 890. The first-order valence-electron chi connectivity index (χ1n) is 10.7. The molecule has 1 saturated heterocycles. The van der Waals surface area contributed by atoms with Crippen LogP contribution in [-0.2, 0) is 23.2 Å². The maximum absolute atomic E-state index is 6.71. The normalized spacial score (nSPS) is 25.0. The van der Waals surface area contributed by atoms with E-state index < -0.39 is 0 Å². The van der Waals surface area contributed by atoms with Crippen LogP contribution in [0.15, 0.2) is 42.5 Å². The molecule has 0 aromatic heterocycles. The van der Waals surface area contributed by atoms with Crippen molar-refractivity contribution in [1.82, 2.24) is 4.90 Å². The number of piperidine rings is 1. The van der Waals surface area contributed by atoms with E-state index in [-0.39, 0.29) is 41.7 Å². The van der Waals surface area contributed by atoms with Crippen LogP contribution in [0.25, 0.3) is 0 Å². The first-order valence-corrected chi connectivity index (χ1v) is 11.1. The summed E-state index contributed by atoms with van der Waals surface area (Å²) in [5.74, 6) is 0. The molecule has 1 aliphatic carbocycles. The number of ether oxygens (including phenoxy) is 1. The highest BCUT2D eigenvalue weighted by Gasteiger charge is 2.56. The van der Waals surface area contributed by atoms with Gasteiger partial charge in [-0.25, -0.2) is 0 Å². The third-order valence-corrected chi connectivity index (χ3v) is 8.03. The maximum atomic E-state index is 6.71. The van der Waals surface area contributed by atoms with E-state index in [9.17, 15) is 0 Å². The number of hydrogen-bond donors (Lipinski definition) is 1. The third-order valence-electron chi connectivity index (χ3n) is 7.71. The molecule has 2 N–H and O–H groups in total. The van der Waals surface area contributed by atoms with Gasteiger partial charge < -0.3 is 10.5 Å². The van der Waals surface area contributed by atoms with E-state index in [0.717, 1.165) is 36.6 Å². The van der Waals surface area contributed by atoms with Gasteiger partial charge in [0.2, 0.25) is 0 Å². The summed E-state index contributed by atoms with van der Waals surface area (Å²) < 4.78 is 6.19. The number of rotatable bonds is 5. The summed E-state index contributed by atoms with van der Waals surface area (Å²) in [4.78, 5) is 2.63. The van der Waals surface area contributed by atoms with Gasteiger partial charge in [0.15, 0.2) is 0 Å². The molecule has 3 atom stereocenters. The monoisotopic (exact) mass is 484 g/mol. The maximum Gasteiger partial charge on any atom is 0.0721 e. The van der Waals surface area contributed by atoms with Crippen molar-refractivity contribution in [3.05, 3.63) is 64.2 Å². The van der Waals surface area contributed by atoms with Crippen LogP contribution in [0.3, 0.4) is 0 Å². The number of anilines is 1. The fourth-order valence-electron chi connectivity index (χ4n) is 5.56. The molecule has 1 heterocycles. The lowest BCUT2D eigenvalue weighted by Crippen LogP contribution is -2.64. The van der Waals surface area contributed by atoms with E-state index in [0.29, 0.717) is 12.6 Å². The average Bonchev–Trinajstić information content (AvgIpc) is 2.68. The van der Waals surface area contributed by atoms with Crippen molar-refractivity contribution >= 4 is 42.1 Å². The summed E-state index contributed by atoms with van der Waals surface area (Å²) in [6, 6.07) is 14.8. The van der Waals surface area contributed by atoms with Gasteiger partial charge in [-0.05, 0) is 60.5 Å². The molecule has 0 amide bonds.